The first kappa shape index (κ1) is 38.4. The Bertz CT molecular complexity index is 1420. The Morgan fingerprint density at radius 2 is 0.909 bits per heavy atom. The summed E-state index contributed by atoms with van der Waals surface area (Å²) in [6.45, 7) is 4.04. The SMILES string of the molecule is CCCCCCCCCCCCCCCCCC(NS(C)(=O)=O)(NS(=O)(=O)c1ccccc1)NS(=O)(=O)c1ccc(C)cc1. The zero-order chi connectivity index (χ0) is 32.5. The molecule has 0 fully saturated rings. The van der Waals surface area contributed by atoms with Crippen LogP contribution in [0.1, 0.15) is 115 Å². The molecule has 0 aliphatic heterocycles. The van der Waals surface area contributed by atoms with Gasteiger partial charge in [0, 0.05) is 0 Å². The van der Waals surface area contributed by atoms with Crippen LogP contribution in [0.4, 0.5) is 0 Å². The second-order valence-corrected chi connectivity index (χ2v) is 16.9. The highest BCUT2D eigenvalue weighted by molar-refractivity contribution is 7.91. The van der Waals surface area contributed by atoms with Gasteiger partial charge in [-0.25, -0.2) is 25.3 Å². The largest absolute Gasteiger partial charge is 0.243 e. The fraction of sp³-hybridized carbons (Fsp3) is 0.625. The van der Waals surface area contributed by atoms with Crippen molar-refractivity contribution in [3.8, 4) is 0 Å². The molecule has 0 aliphatic rings. The summed E-state index contributed by atoms with van der Waals surface area (Å²) in [5.41, 5.74) is 0.840. The van der Waals surface area contributed by atoms with Gasteiger partial charge in [0.25, 0.3) is 0 Å². The molecule has 2 rings (SSSR count). The molecule has 2 aromatic carbocycles. The van der Waals surface area contributed by atoms with Gasteiger partial charge in [0.05, 0.1) is 16.0 Å². The Morgan fingerprint density at radius 1 is 0.523 bits per heavy atom. The minimum atomic E-state index is -4.34. The summed E-state index contributed by atoms with van der Waals surface area (Å²) in [6.07, 6.45) is 17.7. The smallest absolute Gasteiger partial charge is 0.213 e. The van der Waals surface area contributed by atoms with Crippen LogP contribution in [0.25, 0.3) is 0 Å². The normalized spacial score (nSPS) is 14.0. The van der Waals surface area contributed by atoms with Gasteiger partial charge in [0.1, 0.15) is 0 Å². The summed E-state index contributed by atoms with van der Waals surface area (Å²) < 4.78 is 85.7. The molecular weight excluding hydrogens is 619 g/mol. The number of rotatable bonds is 24. The molecule has 0 saturated heterocycles. The van der Waals surface area contributed by atoms with Crippen LogP contribution < -0.4 is 14.2 Å². The van der Waals surface area contributed by atoms with Gasteiger partial charge in [-0.2, -0.15) is 14.2 Å². The van der Waals surface area contributed by atoms with Crippen molar-refractivity contribution in [2.24, 2.45) is 0 Å². The van der Waals surface area contributed by atoms with E-state index in [4.69, 9.17) is 0 Å². The Balaban J connectivity index is 2.04. The number of aryl methyl sites for hydroxylation is 1. The molecule has 0 heterocycles. The molecule has 0 aromatic heterocycles. The van der Waals surface area contributed by atoms with E-state index in [0.717, 1.165) is 31.1 Å². The molecule has 0 radical (unpaired) electrons. The topological polar surface area (TPSA) is 139 Å². The zero-order valence-corrected chi connectivity index (χ0v) is 29.1. The van der Waals surface area contributed by atoms with Crippen molar-refractivity contribution in [1.29, 1.82) is 0 Å². The molecule has 0 amide bonds. The van der Waals surface area contributed by atoms with Crippen molar-refractivity contribution in [1.82, 2.24) is 14.2 Å². The number of benzene rings is 2. The number of unbranched alkanes of at least 4 members (excludes halogenated alkanes) is 14. The van der Waals surface area contributed by atoms with Crippen LogP contribution in [0.15, 0.2) is 64.4 Å². The van der Waals surface area contributed by atoms with Crippen molar-refractivity contribution in [2.75, 3.05) is 6.26 Å². The first-order valence-corrected chi connectivity index (χ1v) is 20.8. The van der Waals surface area contributed by atoms with E-state index in [1.165, 1.54) is 101 Å². The lowest BCUT2D eigenvalue weighted by Gasteiger charge is -2.35. The highest BCUT2D eigenvalue weighted by atomic mass is 32.2. The fourth-order valence-corrected chi connectivity index (χ4v) is 8.79. The highest BCUT2D eigenvalue weighted by Gasteiger charge is 2.41. The van der Waals surface area contributed by atoms with Crippen LogP contribution in [-0.2, 0) is 30.1 Å². The summed E-state index contributed by atoms with van der Waals surface area (Å²) in [6, 6.07) is 13.4. The van der Waals surface area contributed by atoms with Gasteiger partial charge >= 0.3 is 0 Å². The molecule has 2 aromatic rings. The second kappa shape index (κ2) is 19.0. The highest BCUT2D eigenvalue weighted by Crippen LogP contribution is 2.21. The van der Waals surface area contributed by atoms with Crippen molar-refractivity contribution >= 4 is 30.1 Å². The average Bonchev–Trinajstić information content (AvgIpc) is 2.94. The van der Waals surface area contributed by atoms with Gasteiger partial charge in [-0.05, 0) is 44.0 Å². The predicted octanol–water partition coefficient (Wildman–Crippen LogP) is 6.72. The van der Waals surface area contributed by atoms with Crippen LogP contribution in [0.2, 0.25) is 0 Å². The third-order valence-corrected chi connectivity index (χ3v) is 11.3. The standard InChI is InChI=1S/C32H53N3O6S3/c1-4-5-6-7-8-9-10-11-12-13-14-15-16-17-21-28-32(33-42(3,36)37,34-43(38,39)30-22-19-18-20-23-30)35-44(40,41)31-26-24-29(2)25-27-31/h18-20,22-27,33-35H,4-17,21,28H2,1-3H3. The van der Waals surface area contributed by atoms with E-state index < -0.39 is 35.9 Å². The summed E-state index contributed by atoms with van der Waals surface area (Å²) in [5.74, 6) is -2.22. The van der Waals surface area contributed by atoms with Gasteiger partial charge in [-0.15, -0.1) is 0 Å². The Morgan fingerprint density at radius 3 is 1.32 bits per heavy atom. The minimum Gasteiger partial charge on any atom is -0.213 e. The molecule has 44 heavy (non-hydrogen) atoms. The Kier molecular flexibility index (Phi) is 16.5. The van der Waals surface area contributed by atoms with Gasteiger partial charge in [0.2, 0.25) is 30.1 Å². The van der Waals surface area contributed by atoms with E-state index in [1.54, 1.807) is 18.2 Å². The summed E-state index contributed by atoms with van der Waals surface area (Å²) in [7, 11) is -12.7. The Hall–Kier alpha value is -1.83. The lowest BCUT2D eigenvalue weighted by molar-refractivity contribution is 0.294. The van der Waals surface area contributed by atoms with Crippen LogP contribution >= 0.6 is 0 Å². The first-order chi connectivity index (χ1) is 20.8. The number of hydrogen-bond donors (Lipinski definition) is 3. The second-order valence-electron chi connectivity index (χ2n) is 11.8. The van der Waals surface area contributed by atoms with Crippen molar-refractivity contribution in [2.45, 2.75) is 132 Å². The molecule has 0 aliphatic carbocycles. The third kappa shape index (κ3) is 15.0. The van der Waals surface area contributed by atoms with Crippen LogP contribution in [0.5, 0.6) is 0 Å². The van der Waals surface area contributed by atoms with Crippen molar-refractivity contribution in [3.05, 3.63) is 60.2 Å². The van der Waals surface area contributed by atoms with E-state index in [-0.39, 0.29) is 16.2 Å². The van der Waals surface area contributed by atoms with Gasteiger partial charge < -0.3 is 0 Å². The predicted molar refractivity (Wildman–Crippen MR) is 179 cm³/mol. The van der Waals surface area contributed by atoms with Crippen LogP contribution in [0, 0.1) is 6.92 Å². The minimum absolute atomic E-state index is 0.113. The molecule has 9 nitrogen and oxygen atoms in total. The zero-order valence-electron chi connectivity index (χ0n) is 26.7. The molecule has 12 heteroatoms. The number of sulfonamides is 3. The summed E-state index contributed by atoms with van der Waals surface area (Å²) >= 11 is 0. The quantitative estimate of drug-likeness (QED) is 0.0837. The average molecular weight is 672 g/mol. The maximum atomic E-state index is 13.4. The molecule has 1 atom stereocenters. The molecule has 0 spiro atoms. The van der Waals surface area contributed by atoms with Gasteiger partial charge in [0.15, 0.2) is 5.79 Å². The maximum Gasteiger partial charge on any atom is 0.243 e. The number of hydrogen-bond acceptors (Lipinski definition) is 6. The molecule has 3 N–H and O–H groups in total. The third-order valence-electron chi connectivity index (χ3n) is 7.52. The van der Waals surface area contributed by atoms with E-state index in [1.807, 2.05) is 6.92 Å². The van der Waals surface area contributed by atoms with E-state index in [9.17, 15) is 25.3 Å². The van der Waals surface area contributed by atoms with Crippen LogP contribution in [-0.4, -0.2) is 37.3 Å². The van der Waals surface area contributed by atoms with E-state index in [2.05, 4.69) is 21.1 Å². The van der Waals surface area contributed by atoms with Crippen molar-refractivity contribution in [3.63, 3.8) is 0 Å². The first-order valence-electron chi connectivity index (χ1n) is 16.0. The monoisotopic (exact) mass is 671 g/mol. The van der Waals surface area contributed by atoms with Crippen molar-refractivity contribution < 1.29 is 25.3 Å². The lowest BCUT2D eigenvalue weighted by Crippen LogP contribution is -2.69. The van der Waals surface area contributed by atoms with E-state index in [0.29, 0.717) is 12.8 Å². The molecule has 0 bridgehead atoms. The molecular formula is C32H53N3O6S3. The fourth-order valence-electron chi connectivity index (χ4n) is 5.19. The van der Waals surface area contributed by atoms with Gasteiger partial charge in [-0.1, -0.05) is 133 Å². The van der Waals surface area contributed by atoms with Crippen LogP contribution in [0.3, 0.4) is 0 Å². The maximum absolute atomic E-state index is 13.4. The molecule has 1 unspecified atom stereocenters. The lowest BCUT2D eigenvalue weighted by atomic mass is 10.0. The number of nitrogens with one attached hydrogen (secondary N) is 3. The van der Waals surface area contributed by atoms with E-state index >= 15 is 0 Å². The summed E-state index contributed by atoms with van der Waals surface area (Å²) in [4.78, 5) is -0.233. The molecule has 0 saturated carbocycles. The van der Waals surface area contributed by atoms with Gasteiger partial charge in [-0.3, -0.25) is 0 Å². The Labute approximate surface area is 267 Å². The summed E-state index contributed by atoms with van der Waals surface area (Å²) in [5, 5.41) is 0. The molecule has 250 valence electrons.